The quantitative estimate of drug-likeness (QED) is 0.338. The van der Waals surface area contributed by atoms with E-state index in [0.717, 1.165) is 10.5 Å². The minimum absolute atomic E-state index is 0.0312. The molecule has 1 aliphatic heterocycles. The third kappa shape index (κ3) is 5.84. The van der Waals surface area contributed by atoms with Crippen LogP contribution in [-0.2, 0) is 33.4 Å². The van der Waals surface area contributed by atoms with E-state index in [0.29, 0.717) is 6.42 Å². The number of nitrogens with one attached hydrogen (secondary N) is 1. The number of esters is 1. The van der Waals surface area contributed by atoms with E-state index in [-0.39, 0.29) is 23.8 Å². The molecule has 1 aliphatic carbocycles. The van der Waals surface area contributed by atoms with Gasteiger partial charge in [0.2, 0.25) is 5.91 Å². The van der Waals surface area contributed by atoms with Crippen molar-refractivity contribution in [2.45, 2.75) is 68.7 Å². The Bertz CT molecular complexity index is 1110. The number of nitrogens with zero attached hydrogens (tertiary/aromatic N) is 1. The second-order valence-corrected chi connectivity index (χ2v) is 11.4. The number of hydrogen-bond donors (Lipinski definition) is 1. The van der Waals surface area contributed by atoms with Gasteiger partial charge in [-0.3, -0.25) is 13.9 Å². The van der Waals surface area contributed by atoms with Crippen molar-refractivity contribution >= 4 is 28.1 Å². The Kier molecular flexibility index (Phi) is 7.33. The molecular formula is C24H32N2O8S. The summed E-state index contributed by atoms with van der Waals surface area (Å²) in [6.45, 7) is 10.4. The third-order valence-electron chi connectivity index (χ3n) is 5.96. The summed E-state index contributed by atoms with van der Waals surface area (Å²) in [5, 5.41) is 2.69. The highest BCUT2D eigenvalue weighted by Crippen LogP contribution is 2.45. The number of methoxy groups -OCH3 is 1. The standard InChI is InChI=1S/C24H32N2O8S/c1-7-16-13-24(16,21(28)32-6)25-20(27)19-12-17(14-26(19)22(29)33-23(3,4)5)34-35(30,31)18-10-8-15(2)9-11-18/h7-11,16-17,19H,1,12-14H2,2-6H3,(H,25,27)/t16?,17-,19-,24+/m0/s1. The lowest BCUT2D eigenvalue weighted by Crippen LogP contribution is -2.53. The molecule has 0 aromatic heterocycles. The van der Waals surface area contributed by atoms with Crippen molar-refractivity contribution in [3.63, 3.8) is 0 Å². The molecule has 10 nitrogen and oxygen atoms in total. The van der Waals surface area contributed by atoms with Crippen LogP contribution in [0.15, 0.2) is 41.8 Å². The summed E-state index contributed by atoms with van der Waals surface area (Å²) in [5.74, 6) is -1.57. The number of ether oxygens (including phenoxy) is 2. The van der Waals surface area contributed by atoms with Crippen LogP contribution < -0.4 is 5.32 Å². The first-order valence-corrected chi connectivity index (χ1v) is 12.7. The minimum atomic E-state index is -4.14. The van der Waals surface area contributed by atoms with Crippen LogP contribution in [0, 0.1) is 12.8 Å². The maximum Gasteiger partial charge on any atom is 0.411 e. The summed E-state index contributed by atoms with van der Waals surface area (Å²) in [4.78, 5) is 39.6. The predicted octanol–water partition coefficient (Wildman–Crippen LogP) is 2.31. The topological polar surface area (TPSA) is 128 Å². The molecule has 0 bridgehead atoms. The van der Waals surface area contributed by atoms with Gasteiger partial charge in [0.25, 0.3) is 10.1 Å². The first-order valence-electron chi connectivity index (χ1n) is 11.2. The average Bonchev–Trinajstić information content (AvgIpc) is 3.31. The average molecular weight is 509 g/mol. The molecule has 1 unspecified atom stereocenters. The second kappa shape index (κ2) is 9.62. The van der Waals surface area contributed by atoms with Crippen LogP contribution in [0.3, 0.4) is 0 Å². The van der Waals surface area contributed by atoms with Gasteiger partial charge >= 0.3 is 12.1 Å². The molecule has 0 spiro atoms. The predicted molar refractivity (Wildman–Crippen MR) is 126 cm³/mol. The lowest BCUT2D eigenvalue weighted by Gasteiger charge is -2.28. The Morgan fingerprint density at radius 2 is 1.83 bits per heavy atom. The van der Waals surface area contributed by atoms with Crippen LogP contribution in [0.25, 0.3) is 0 Å². The normalized spacial score (nSPS) is 26.1. The molecule has 1 heterocycles. The van der Waals surface area contributed by atoms with Gasteiger partial charge in [0.05, 0.1) is 24.7 Å². The van der Waals surface area contributed by atoms with Gasteiger partial charge in [0, 0.05) is 12.3 Å². The van der Waals surface area contributed by atoms with E-state index < -0.39 is 51.4 Å². The molecule has 1 saturated heterocycles. The number of benzene rings is 1. The van der Waals surface area contributed by atoms with Crippen LogP contribution in [0.5, 0.6) is 0 Å². The highest BCUT2D eigenvalue weighted by Gasteiger charge is 2.62. The van der Waals surface area contributed by atoms with Crippen molar-refractivity contribution in [1.29, 1.82) is 0 Å². The number of likely N-dealkylation sites (tertiary alicyclic amines) is 1. The smallest absolute Gasteiger partial charge is 0.411 e. The highest BCUT2D eigenvalue weighted by molar-refractivity contribution is 7.86. The van der Waals surface area contributed by atoms with Gasteiger partial charge < -0.3 is 14.8 Å². The summed E-state index contributed by atoms with van der Waals surface area (Å²) < 4.78 is 41.3. The lowest BCUT2D eigenvalue weighted by atomic mass is 10.1. The van der Waals surface area contributed by atoms with Crippen molar-refractivity contribution < 1.29 is 36.5 Å². The van der Waals surface area contributed by atoms with Gasteiger partial charge in [-0.05, 0) is 46.2 Å². The van der Waals surface area contributed by atoms with Gasteiger partial charge in [-0.15, -0.1) is 6.58 Å². The molecule has 2 amide bonds. The summed E-state index contributed by atoms with van der Waals surface area (Å²) in [7, 11) is -2.93. The van der Waals surface area contributed by atoms with Crippen LogP contribution in [0.1, 0.15) is 39.2 Å². The number of aryl methyl sites for hydroxylation is 1. The Labute approximate surface area is 205 Å². The Morgan fingerprint density at radius 1 is 1.20 bits per heavy atom. The zero-order chi connectivity index (χ0) is 26.2. The van der Waals surface area contributed by atoms with E-state index in [1.807, 2.05) is 6.92 Å². The van der Waals surface area contributed by atoms with Gasteiger partial charge in [-0.25, -0.2) is 9.59 Å². The lowest BCUT2D eigenvalue weighted by molar-refractivity contribution is -0.147. The molecule has 1 saturated carbocycles. The minimum Gasteiger partial charge on any atom is -0.467 e. The summed E-state index contributed by atoms with van der Waals surface area (Å²) >= 11 is 0. The summed E-state index contributed by atoms with van der Waals surface area (Å²) in [6.07, 6.45) is -0.0211. The fraction of sp³-hybridized carbons (Fsp3) is 0.542. The van der Waals surface area contributed by atoms with E-state index in [4.69, 9.17) is 13.7 Å². The number of carbonyl (C=O) groups is 3. The fourth-order valence-electron chi connectivity index (χ4n) is 4.06. The van der Waals surface area contributed by atoms with E-state index in [2.05, 4.69) is 11.9 Å². The van der Waals surface area contributed by atoms with Crippen molar-refractivity contribution in [2.24, 2.45) is 5.92 Å². The number of rotatable bonds is 7. The largest absolute Gasteiger partial charge is 0.467 e. The molecular weight excluding hydrogens is 476 g/mol. The molecule has 1 aromatic rings. The van der Waals surface area contributed by atoms with Crippen molar-refractivity contribution in [3.8, 4) is 0 Å². The summed E-state index contributed by atoms with van der Waals surface area (Å²) in [6, 6.07) is 5.03. The molecule has 192 valence electrons. The number of hydrogen-bond acceptors (Lipinski definition) is 8. The molecule has 3 rings (SSSR count). The first-order chi connectivity index (χ1) is 16.2. The van der Waals surface area contributed by atoms with E-state index >= 15 is 0 Å². The maximum atomic E-state index is 13.3. The third-order valence-corrected chi connectivity index (χ3v) is 7.34. The van der Waals surface area contributed by atoms with Crippen LogP contribution in [-0.4, -0.2) is 68.2 Å². The van der Waals surface area contributed by atoms with E-state index in [1.165, 1.54) is 19.2 Å². The van der Waals surface area contributed by atoms with Crippen LogP contribution in [0.2, 0.25) is 0 Å². The van der Waals surface area contributed by atoms with Crippen molar-refractivity contribution in [2.75, 3.05) is 13.7 Å². The van der Waals surface area contributed by atoms with Gasteiger partial charge in [0.1, 0.15) is 17.2 Å². The van der Waals surface area contributed by atoms with E-state index in [9.17, 15) is 22.8 Å². The summed E-state index contributed by atoms with van der Waals surface area (Å²) in [5.41, 5.74) is -1.22. The van der Waals surface area contributed by atoms with Gasteiger partial charge in [-0.2, -0.15) is 8.42 Å². The Balaban J connectivity index is 1.82. The highest BCUT2D eigenvalue weighted by atomic mass is 32.2. The molecule has 11 heteroatoms. The monoisotopic (exact) mass is 508 g/mol. The zero-order valence-corrected chi connectivity index (χ0v) is 21.4. The van der Waals surface area contributed by atoms with Gasteiger partial charge in [0.15, 0.2) is 0 Å². The Hall–Kier alpha value is -2.92. The Morgan fingerprint density at radius 3 is 2.34 bits per heavy atom. The van der Waals surface area contributed by atoms with Crippen LogP contribution in [0.4, 0.5) is 4.79 Å². The maximum absolute atomic E-state index is 13.3. The molecule has 2 fully saturated rings. The van der Waals surface area contributed by atoms with Gasteiger partial charge in [-0.1, -0.05) is 23.8 Å². The molecule has 1 N–H and O–H groups in total. The SMILES string of the molecule is C=CC1C[C@]1(NC(=O)[C@@H]1C[C@H](OS(=O)(=O)c2ccc(C)cc2)CN1C(=O)OC(C)(C)C)C(=O)OC. The van der Waals surface area contributed by atoms with Crippen molar-refractivity contribution in [1.82, 2.24) is 10.2 Å². The second-order valence-electron chi connectivity index (χ2n) is 9.87. The zero-order valence-electron chi connectivity index (χ0n) is 20.6. The van der Waals surface area contributed by atoms with E-state index in [1.54, 1.807) is 39.0 Å². The van der Waals surface area contributed by atoms with Crippen LogP contribution >= 0.6 is 0 Å². The fourth-order valence-corrected chi connectivity index (χ4v) is 5.14. The molecule has 4 atom stereocenters. The first kappa shape index (κ1) is 26.7. The molecule has 2 aliphatic rings. The molecule has 0 radical (unpaired) electrons. The van der Waals surface area contributed by atoms with Crippen molar-refractivity contribution in [3.05, 3.63) is 42.5 Å². The number of amides is 2. The number of carbonyl (C=O) groups excluding carboxylic acids is 3. The molecule has 1 aromatic carbocycles. The molecule has 35 heavy (non-hydrogen) atoms.